The first-order valence-corrected chi connectivity index (χ1v) is 8.79. The van der Waals surface area contributed by atoms with Crippen molar-refractivity contribution < 1.29 is 14.3 Å². The molecule has 5 nitrogen and oxygen atoms in total. The molecule has 0 bridgehead atoms. The topological polar surface area (TPSA) is 42.0 Å². The van der Waals surface area contributed by atoms with Crippen LogP contribution in [-0.2, 0) is 11.2 Å². The van der Waals surface area contributed by atoms with Gasteiger partial charge in [0.1, 0.15) is 0 Å². The molecule has 0 saturated heterocycles. The highest BCUT2D eigenvalue weighted by atomic mass is 16.5. The van der Waals surface area contributed by atoms with Crippen LogP contribution in [0.25, 0.3) is 0 Å². The number of carbonyl (C=O) groups is 1. The van der Waals surface area contributed by atoms with Crippen molar-refractivity contribution in [3.05, 3.63) is 59.2 Å². The zero-order valence-electron chi connectivity index (χ0n) is 15.9. The minimum atomic E-state index is 0.0173. The van der Waals surface area contributed by atoms with Crippen molar-refractivity contribution in [2.24, 2.45) is 0 Å². The molecule has 5 heteroatoms. The first kappa shape index (κ1) is 18.3. The summed E-state index contributed by atoms with van der Waals surface area (Å²) in [5, 5.41) is 0. The molecule has 2 aromatic carbocycles. The van der Waals surface area contributed by atoms with E-state index in [4.69, 9.17) is 9.47 Å². The maximum absolute atomic E-state index is 12.4. The second-order valence-electron chi connectivity index (χ2n) is 6.73. The van der Waals surface area contributed by atoms with Gasteiger partial charge >= 0.3 is 0 Å². The van der Waals surface area contributed by atoms with E-state index in [1.165, 1.54) is 16.7 Å². The normalized spacial score (nSPS) is 16.7. The molecule has 1 heterocycles. The van der Waals surface area contributed by atoms with Gasteiger partial charge in [-0.25, -0.2) is 0 Å². The van der Waals surface area contributed by atoms with Gasteiger partial charge in [0.2, 0.25) is 5.91 Å². The highest BCUT2D eigenvalue weighted by Crippen LogP contribution is 2.40. The number of fused-ring (bicyclic) bond motifs is 1. The smallest absolute Gasteiger partial charge is 0.236 e. The molecule has 1 aliphatic rings. The van der Waals surface area contributed by atoms with E-state index in [1.807, 2.05) is 18.2 Å². The summed E-state index contributed by atoms with van der Waals surface area (Å²) in [5.74, 6) is 1.57. The molecule has 3 rings (SSSR count). The van der Waals surface area contributed by atoms with Gasteiger partial charge in [-0.2, -0.15) is 0 Å². The fourth-order valence-electron chi connectivity index (χ4n) is 3.51. The predicted octanol–water partition coefficient (Wildman–Crippen LogP) is 2.74. The van der Waals surface area contributed by atoms with Crippen molar-refractivity contribution in [3.8, 4) is 11.5 Å². The number of carbonyl (C=O) groups excluding carboxylic acids is 1. The fourth-order valence-corrected chi connectivity index (χ4v) is 3.51. The minimum Gasteiger partial charge on any atom is -0.493 e. The van der Waals surface area contributed by atoms with Crippen molar-refractivity contribution in [2.75, 3.05) is 41.4 Å². The molecule has 1 atom stereocenters. The summed E-state index contributed by atoms with van der Waals surface area (Å²) in [5.41, 5.74) is 3.59. The Balaban J connectivity index is 2.07. The van der Waals surface area contributed by atoms with Gasteiger partial charge < -0.3 is 14.4 Å². The van der Waals surface area contributed by atoms with Crippen LogP contribution in [-0.4, -0.2) is 57.1 Å². The van der Waals surface area contributed by atoms with E-state index in [0.717, 1.165) is 18.7 Å². The quantitative estimate of drug-likeness (QED) is 0.828. The SMILES string of the molecule is COc1cc2c(cc1OC)[C@H](c1ccccc1)N(CC(=O)N(C)C)CC2. The van der Waals surface area contributed by atoms with Crippen LogP contribution in [0.2, 0.25) is 0 Å². The van der Waals surface area contributed by atoms with Crippen molar-refractivity contribution in [2.45, 2.75) is 12.5 Å². The van der Waals surface area contributed by atoms with Gasteiger partial charge in [-0.15, -0.1) is 0 Å². The van der Waals surface area contributed by atoms with Crippen LogP contribution >= 0.6 is 0 Å². The van der Waals surface area contributed by atoms with E-state index < -0.39 is 0 Å². The molecule has 1 aliphatic heterocycles. The Labute approximate surface area is 155 Å². The molecular formula is C21H26N2O3. The summed E-state index contributed by atoms with van der Waals surface area (Å²) in [6.45, 7) is 1.21. The van der Waals surface area contributed by atoms with Crippen LogP contribution in [0.1, 0.15) is 22.7 Å². The standard InChI is InChI=1S/C21H26N2O3/c1-22(2)20(24)14-23-11-10-16-12-18(25-3)19(26-4)13-17(16)21(23)15-8-6-5-7-9-15/h5-9,12-13,21H,10-11,14H2,1-4H3/t21-/m0/s1. The number of amides is 1. The zero-order valence-corrected chi connectivity index (χ0v) is 15.9. The Morgan fingerprint density at radius 1 is 1.12 bits per heavy atom. The van der Waals surface area contributed by atoms with E-state index in [-0.39, 0.29) is 11.9 Å². The zero-order chi connectivity index (χ0) is 18.7. The minimum absolute atomic E-state index is 0.0173. The molecule has 0 spiro atoms. The Morgan fingerprint density at radius 2 is 1.77 bits per heavy atom. The molecule has 0 unspecified atom stereocenters. The molecule has 138 valence electrons. The van der Waals surface area contributed by atoms with Gasteiger partial charge in [0.25, 0.3) is 0 Å². The van der Waals surface area contributed by atoms with Crippen molar-refractivity contribution in [1.29, 1.82) is 0 Å². The molecule has 0 radical (unpaired) electrons. The number of likely N-dealkylation sites (N-methyl/N-ethyl adjacent to an activating group) is 1. The number of nitrogens with zero attached hydrogens (tertiary/aromatic N) is 2. The molecule has 0 aromatic heterocycles. The predicted molar refractivity (Wildman–Crippen MR) is 102 cm³/mol. The van der Waals surface area contributed by atoms with E-state index in [1.54, 1.807) is 33.2 Å². The molecule has 0 aliphatic carbocycles. The Kier molecular flexibility index (Phi) is 5.47. The van der Waals surface area contributed by atoms with Gasteiger partial charge in [0.05, 0.1) is 26.8 Å². The summed E-state index contributed by atoms with van der Waals surface area (Å²) < 4.78 is 11.0. The third-order valence-electron chi connectivity index (χ3n) is 4.93. The van der Waals surface area contributed by atoms with Crippen LogP contribution in [0.15, 0.2) is 42.5 Å². The lowest BCUT2D eigenvalue weighted by Crippen LogP contribution is -2.42. The van der Waals surface area contributed by atoms with E-state index in [2.05, 4.69) is 29.2 Å². The van der Waals surface area contributed by atoms with Crippen molar-refractivity contribution in [3.63, 3.8) is 0 Å². The molecule has 26 heavy (non-hydrogen) atoms. The van der Waals surface area contributed by atoms with Crippen LogP contribution in [0.5, 0.6) is 11.5 Å². The highest BCUT2D eigenvalue weighted by molar-refractivity contribution is 5.77. The number of rotatable bonds is 5. The highest BCUT2D eigenvalue weighted by Gasteiger charge is 2.31. The lowest BCUT2D eigenvalue weighted by molar-refractivity contribution is -0.130. The first-order valence-electron chi connectivity index (χ1n) is 8.79. The van der Waals surface area contributed by atoms with E-state index >= 15 is 0 Å². The maximum Gasteiger partial charge on any atom is 0.236 e. The lowest BCUT2D eigenvalue weighted by Gasteiger charge is -2.38. The van der Waals surface area contributed by atoms with Crippen molar-refractivity contribution in [1.82, 2.24) is 9.80 Å². The maximum atomic E-state index is 12.4. The summed E-state index contributed by atoms with van der Waals surface area (Å²) in [6.07, 6.45) is 0.875. The van der Waals surface area contributed by atoms with Gasteiger partial charge in [-0.05, 0) is 35.2 Å². The van der Waals surface area contributed by atoms with Crippen molar-refractivity contribution >= 4 is 5.91 Å². The first-order chi connectivity index (χ1) is 12.5. The van der Waals surface area contributed by atoms with E-state index in [0.29, 0.717) is 12.3 Å². The number of benzene rings is 2. The van der Waals surface area contributed by atoms with Crippen LogP contribution in [0, 0.1) is 0 Å². The Bertz CT molecular complexity index is 774. The Hall–Kier alpha value is -2.53. The lowest BCUT2D eigenvalue weighted by atomic mass is 9.87. The van der Waals surface area contributed by atoms with Crippen LogP contribution in [0.4, 0.5) is 0 Å². The summed E-state index contributed by atoms with van der Waals surface area (Å²) in [6, 6.07) is 14.5. The number of methoxy groups -OCH3 is 2. The summed E-state index contributed by atoms with van der Waals surface area (Å²) >= 11 is 0. The molecule has 0 saturated carbocycles. The molecule has 0 fully saturated rings. The average Bonchev–Trinajstić information content (AvgIpc) is 2.67. The molecule has 2 aromatic rings. The van der Waals surface area contributed by atoms with Gasteiger partial charge in [-0.3, -0.25) is 9.69 Å². The van der Waals surface area contributed by atoms with Gasteiger partial charge in [0, 0.05) is 20.6 Å². The fraction of sp³-hybridized carbons (Fsp3) is 0.381. The molecular weight excluding hydrogens is 328 g/mol. The molecule has 1 amide bonds. The van der Waals surface area contributed by atoms with E-state index in [9.17, 15) is 4.79 Å². The summed E-state index contributed by atoms with van der Waals surface area (Å²) in [7, 11) is 6.90. The second-order valence-corrected chi connectivity index (χ2v) is 6.73. The number of hydrogen-bond acceptors (Lipinski definition) is 4. The monoisotopic (exact) mass is 354 g/mol. The number of ether oxygens (including phenoxy) is 2. The average molecular weight is 354 g/mol. The largest absolute Gasteiger partial charge is 0.493 e. The molecule has 0 N–H and O–H groups in total. The van der Waals surface area contributed by atoms with Gasteiger partial charge in [-0.1, -0.05) is 30.3 Å². The Morgan fingerprint density at radius 3 is 2.38 bits per heavy atom. The van der Waals surface area contributed by atoms with Crippen LogP contribution < -0.4 is 9.47 Å². The third kappa shape index (κ3) is 3.53. The third-order valence-corrected chi connectivity index (χ3v) is 4.93. The van der Waals surface area contributed by atoms with Crippen LogP contribution in [0.3, 0.4) is 0 Å². The second kappa shape index (κ2) is 7.79. The number of hydrogen-bond donors (Lipinski definition) is 0. The van der Waals surface area contributed by atoms with Gasteiger partial charge in [0.15, 0.2) is 11.5 Å². The summed E-state index contributed by atoms with van der Waals surface area (Å²) in [4.78, 5) is 16.3.